The molecule has 2 N–H and O–H groups in total. The van der Waals surface area contributed by atoms with E-state index in [2.05, 4.69) is 0 Å². The van der Waals surface area contributed by atoms with Crippen LogP contribution in [-0.2, 0) is 0 Å². The Bertz CT molecular complexity index is 133. The zero-order valence-corrected chi connectivity index (χ0v) is 8.08. The lowest BCUT2D eigenvalue weighted by Crippen LogP contribution is -2.19. The van der Waals surface area contributed by atoms with E-state index < -0.39 is 5.60 Å². The molecule has 1 rings (SSSR count). The Kier molecular flexibility index (Phi) is 3.13. The molecule has 72 valence electrons. The summed E-state index contributed by atoms with van der Waals surface area (Å²) in [7, 11) is 0. The van der Waals surface area contributed by atoms with E-state index >= 15 is 0 Å². The van der Waals surface area contributed by atoms with Crippen LogP contribution in [0.2, 0.25) is 0 Å². The first-order valence-corrected chi connectivity index (χ1v) is 4.89. The van der Waals surface area contributed by atoms with E-state index in [9.17, 15) is 10.2 Å². The van der Waals surface area contributed by atoms with Crippen LogP contribution in [0.4, 0.5) is 0 Å². The van der Waals surface area contributed by atoms with Crippen LogP contribution in [0, 0.1) is 5.92 Å². The third-order valence-electron chi connectivity index (χ3n) is 2.45. The van der Waals surface area contributed by atoms with E-state index in [4.69, 9.17) is 0 Å². The molecule has 0 radical (unpaired) electrons. The summed E-state index contributed by atoms with van der Waals surface area (Å²) in [6, 6.07) is 0. The molecule has 12 heavy (non-hydrogen) atoms. The number of aliphatic hydroxyl groups is 2. The van der Waals surface area contributed by atoms with E-state index in [1.807, 2.05) is 13.8 Å². The second kappa shape index (κ2) is 3.75. The van der Waals surface area contributed by atoms with Crippen molar-refractivity contribution >= 4 is 0 Å². The van der Waals surface area contributed by atoms with E-state index in [-0.39, 0.29) is 6.10 Å². The number of hydrogen-bond acceptors (Lipinski definition) is 2. The van der Waals surface area contributed by atoms with Crippen LogP contribution in [0.15, 0.2) is 0 Å². The predicted octanol–water partition coefficient (Wildman–Crippen LogP) is 1.70. The smallest absolute Gasteiger partial charge is 0.0591 e. The van der Waals surface area contributed by atoms with Crippen LogP contribution in [0.1, 0.15) is 46.0 Å². The molecule has 2 heteroatoms. The summed E-state index contributed by atoms with van der Waals surface area (Å²) in [6.07, 6.45) is 4.87. The summed E-state index contributed by atoms with van der Waals surface area (Å²) in [6.45, 7) is 3.63. The Balaban J connectivity index is 2.01. The standard InChI is InChI=1S/C10H20O2/c1-10(2,12)7-3-4-9(11)8-5-6-8/h8-9,11-12H,3-7H2,1-2H3. The molecule has 2 nitrogen and oxygen atoms in total. The van der Waals surface area contributed by atoms with Gasteiger partial charge in [0.25, 0.3) is 0 Å². The molecule has 0 amide bonds. The largest absolute Gasteiger partial charge is 0.393 e. The fourth-order valence-electron chi connectivity index (χ4n) is 1.46. The van der Waals surface area contributed by atoms with Crippen molar-refractivity contribution in [2.75, 3.05) is 0 Å². The number of aliphatic hydroxyl groups excluding tert-OH is 1. The van der Waals surface area contributed by atoms with Gasteiger partial charge in [0.15, 0.2) is 0 Å². The lowest BCUT2D eigenvalue weighted by atomic mass is 9.99. The second-order valence-electron chi connectivity index (χ2n) is 4.61. The summed E-state index contributed by atoms with van der Waals surface area (Å²) in [5, 5.41) is 18.9. The van der Waals surface area contributed by atoms with Crippen molar-refractivity contribution in [3.63, 3.8) is 0 Å². The molecule has 1 unspecified atom stereocenters. The van der Waals surface area contributed by atoms with Gasteiger partial charge in [0.1, 0.15) is 0 Å². The van der Waals surface area contributed by atoms with Gasteiger partial charge in [-0.05, 0) is 51.9 Å². The fourth-order valence-corrected chi connectivity index (χ4v) is 1.46. The highest BCUT2D eigenvalue weighted by atomic mass is 16.3. The minimum absolute atomic E-state index is 0.104. The van der Waals surface area contributed by atoms with E-state index in [1.54, 1.807) is 0 Å². The maximum Gasteiger partial charge on any atom is 0.0591 e. The molecule has 0 aromatic carbocycles. The zero-order valence-electron chi connectivity index (χ0n) is 8.08. The maximum atomic E-state index is 9.50. The fraction of sp³-hybridized carbons (Fsp3) is 1.00. The topological polar surface area (TPSA) is 40.5 Å². The minimum atomic E-state index is -0.566. The van der Waals surface area contributed by atoms with Gasteiger partial charge in [-0.15, -0.1) is 0 Å². The van der Waals surface area contributed by atoms with Crippen LogP contribution >= 0.6 is 0 Å². The van der Waals surface area contributed by atoms with Crippen molar-refractivity contribution in [1.29, 1.82) is 0 Å². The van der Waals surface area contributed by atoms with Crippen LogP contribution in [0.3, 0.4) is 0 Å². The molecule has 1 aliphatic rings. The van der Waals surface area contributed by atoms with E-state index in [0.717, 1.165) is 19.3 Å². The Morgan fingerprint density at radius 2 is 2.00 bits per heavy atom. The first kappa shape index (κ1) is 10.0. The van der Waals surface area contributed by atoms with E-state index in [1.165, 1.54) is 12.8 Å². The average molecular weight is 172 g/mol. The van der Waals surface area contributed by atoms with Crippen molar-refractivity contribution in [2.45, 2.75) is 57.7 Å². The molecule has 0 spiro atoms. The normalized spacial score (nSPS) is 21.0. The highest BCUT2D eigenvalue weighted by molar-refractivity contribution is 4.81. The summed E-state index contributed by atoms with van der Waals surface area (Å²) < 4.78 is 0. The summed E-state index contributed by atoms with van der Waals surface area (Å²) >= 11 is 0. The van der Waals surface area contributed by atoms with Crippen molar-refractivity contribution in [2.24, 2.45) is 5.92 Å². The lowest BCUT2D eigenvalue weighted by Gasteiger charge is -2.17. The molecule has 0 saturated heterocycles. The average Bonchev–Trinajstić information content (AvgIpc) is 2.64. The maximum absolute atomic E-state index is 9.50. The van der Waals surface area contributed by atoms with Crippen LogP contribution in [-0.4, -0.2) is 21.9 Å². The molecule has 1 saturated carbocycles. The third-order valence-corrected chi connectivity index (χ3v) is 2.45. The highest BCUT2D eigenvalue weighted by Gasteiger charge is 2.29. The Morgan fingerprint density at radius 1 is 1.42 bits per heavy atom. The Hall–Kier alpha value is -0.0800. The van der Waals surface area contributed by atoms with Crippen LogP contribution in [0.5, 0.6) is 0 Å². The van der Waals surface area contributed by atoms with Crippen molar-refractivity contribution < 1.29 is 10.2 Å². The Labute approximate surface area is 74.6 Å². The quantitative estimate of drug-likeness (QED) is 0.662. The molecular formula is C10H20O2. The van der Waals surface area contributed by atoms with Gasteiger partial charge < -0.3 is 10.2 Å². The SMILES string of the molecule is CC(C)(O)CCCC(O)C1CC1. The van der Waals surface area contributed by atoms with Gasteiger partial charge in [-0.2, -0.15) is 0 Å². The van der Waals surface area contributed by atoms with Gasteiger partial charge in [0.05, 0.1) is 11.7 Å². The first-order valence-electron chi connectivity index (χ1n) is 4.89. The summed E-state index contributed by atoms with van der Waals surface area (Å²) in [4.78, 5) is 0. The lowest BCUT2D eigenvalue weighted by molar-refractivity contribution is 0.0600. The zero-order chi connectivity index (χ0) is 9.19. The molecule has 1 fully saturated rings. The molecular weight excluding hydrogens is 152 g/mol. The molecule has 0 aromatic heterocycles. The molecule has 0 bridgehead atoms. The van der Waals surface area contributed by atoms with Gasteiger partial charge in [-0.1, -0.05) is 0 Å². The van der Waals surface area contributed by atoms with Gasteiger partial charge >= 0.3 is 0 Å². The molecule has 1 atom stereocenters. The third kappa shape index (κ3) is 4.07. The second-order valence-corrected chi connectivity index (χ2v) is 4.61. The van der Waals surface area contributed by atoms with Crippen LogP contribution in [0.25, 0.3) is 0 Å². The predicted molar refractivity (Wildman–Crippen MR) is 48.9 cm³/mol. The summed E-state index contributed by atoms with van der Waals surface area (Å²) in [5.41, 5.74) is -0.566. The van der Waals surface area contributed by atoms with Gasteiger partial charge in [0.2, 0.25) is 0 Å². The van der Waals surface area contributed by atoms with Crippen molar-refractivity contribution in [1.82, 2.24) is 0 Å². The van der Waals surface area contributed by atoms with Crippen molar-refractivity contribution in [3.8, 4) is 0 Å². The number of hydrogen-bond donors (Lipinski definition) is 2. The molecule has 1 aliphatic carbocycles. The first-order chi connectivity index (χ1) is 5.49. The number of rotatable bonds is 5. The Morgan fingerprint density at radius 3 is 2.42 bits per heavy atom. The summed E-state index contributed by atoms with van der Waals surface area (Å²) in [5.74, 6) is 0.576. The minimum Gasteiger partial charge on any atom is -0.393 e. The molecule has 0 aromatic rings. The monoisotopic (exact) mass is 172 g/mol. The van der Waals surface area contributed by atoms with Crippen LogP contribution < -0.4 is 0 Å². The van der Waals surface area contributed by atoms with Gasteiger partial charge in [-0.3, -0.25) is 0 Å². The van der Waals surface area contributed by atoms with Crippen molar-refractivity contribution in [3.05, 3.63) is 0 Å². The van der Waals surface area contributed by atoms with Gasteiger partial charge in [0, 0.05) is 0 Å². The highest BCUT2D eigenvalue weighted by Crippen LogP contribution is 2.34. The van der Waals surface area contributed by atoms with E-state index in [0.29, 0.717) is 5.92 Å². The molecule has 0 heterocycles. The van der Waals surface area contributed by atoms with Gasteiger partial charge in [-0.25, -0.2) is 0 Å². The molecule has 0 aliphatic heterocycles.